The Morgan fingerprint density at radius 1 is 1.27 bits per heavy atom. The lowest BCUT2D eigenvalue weighted by Crippen LogP contribution is -2.14. The van der Waals surface area contributed by atoms with Crippen molar-refractivity contribution >= 4 is 56.2 Å². The average molecular weight is 385 g/mol. The van der Waals surface area contributed by atoms with Gasteiger partial charge in [-0.2, -0.15) is 0 Å². The number of hydrogen-bond acceptors (Lipinski definition) is 8. The minimum absolute atomic E-state index is 0.174. The third kappa shape index (κ3) is 3.37. The molecule has 0 aliphatic carbocycles. The van der Waals surface area contributed by atoms with Gasteiger partial charge in [-0.1, -0.05) is 41.7 Å². The number of carbonyl (C=O) groups is 1. The Morgan fingerprint density at radius 2 is 2.15 bits per heavy atom. The van der Waals surface area contributed by atoms with Crippen LogP contribution < -0.4 is 5.32 Å². The first-order chi connectivity index (χ1) is 12.6. The molecule has 1 amide bonds. The predicted molar refractivity (Wildman–Crippen MR) is 103 cm³/mol. The highest BCUT2D eigenvalue weighted by Gasteiger charge is 2.12. The molecule has 3 aromatic heterocycles. The molecule has 0 unspecified atom stereocenters. The van der Waals surface area contributed by atoms with Crippen LogP contribution in [0.3, 0.4) is 0 Å². The second-order valence-corrected chi connectivity index (χ2v) is 7.66. The number of nitrogens with zero attached hydrogens (tertiary/aromatic N) is 5. The van der Waals surface area contributed by atoms with E-state index in [4.69, 9.17) is 0 Å². The third-order valence-corrected chi connectivity index (χ3v) is 5.52. The number of aryl methyl sites for hydroxylation is 2. The standard InChI is InChI=1S/C16H15N7OS2/c1-3-12-20-23-16(26-12)18-11(24)7-25-15-19-14-13(21-22-15)9-6-8(2)4-5-10(9)17-14/h4-6H,3,7H2,1-2H3,(H,17,19,22)(H,18,23,24). The molecule has 10 heteroatoms. The number of fused-ring (bicyclic) bond motifs is 3. The Labute approximate surface area is 156 Å². The van der Waals surface area contributed by atoms with Gasteiger partial charge in [0, 0.05) is 10.9 Å². The highest BCUT2D eigenvalue weighted by atomic mass is 32.2. The molecule has 0 atom stereocenters. The number of amides is 1. The van der Waals surface area contributed by atoms with Gasteiger partial charge in [0.25, 0.3) is 0 Å². The Hall–Kier alpha value is -2.59. The van der Waals surface area contributed by atoms with Gasteiger partial charge in [-0.3, -0.25) is 10.1 Å². The van der Waals surface area contributed by atoms with Gasteiger partial charge in [0.2, 0.25) is 16.2 Å². The summed E-state index contributed by atoms with van der Waals surface area (Å²) in [6.07, 6.45) is 0.797. The fraction of sp³-hybridized carbons (Fsp3) is 0.250. The molecule has 4 aromatic rings. The number of anilines is 1. The zero-order chi connectivity index (χ0) is 18.1. The van der Waals surface area contributed by atoms with E-state index in [1.807, 2.05) is 26.0 Å². The van der Waals surface area contributed by atoms with E-state index < -0.39 is 0 Å². The number of rotatable bonds is 5. The lowest BCUT2D eigenvalue weighted by molar-refractivity contribution is -0.113. The SMILES string of the molecule is CCc1nnc(NC(=O)CSc2nnc3c(n2)[nH]c2ccc(C)cc23)s1. The first-order valence-corrected chi connectivity index (χ1v) is 9.80. The molecular formula is C16H15N7OS2. The number of nitrogens with one attached hydrogen (secondary N) is 2. The third-order valence-electron chi connectivity index (χ3n) is 3.70. The van der Waals surface area contributed by atoms with E-state index in [1.54, 1.807) is 0 Å². The normalized spacial score (nSPS) is 11.3. The van der Waals surface area contributed by atoms with Crippen molar-refractivity contribution < 1.29 is 4.79 Å². The van der Waals surface area contributed by atoms with E-state index in [0.29, 0.717) is 15.9 Å². The monoisotopic (exact) mass is 385 g/mol. The van der Waals surface area contributed by atoms with Crippen LogP contribution in [-0.4, -0.2) is 42.0 Å². The quantitative estimate of drug-likeness (QED) is 0.508. The molecule has 26 heavy (non-hydrogen) atoms. The minimum Gasteiger partial charge on any atom is -0.338 e. The first-order valence-electron chi connectivity index (χ1n) is 8.00. The van der Waals surface area contributed by atoms with E-state index >= 15 is 0 Å². The number of hydrogen-bond donors (Lipinski definition) is 2. The predicted octanol–water partition coefficient (Wildman–Crippen LogP) is 2.96. The van der Waals surface area contributed by atoms with Crippen LogP contribution in [0.2, 0.25) is 0 Å². The molecule has 1 aromatic carbocycles. The van der Waals surface area contributed by atoms with Gasteiger partial charge in [-0.15, -0.1) is 20.4 Å². The van der Waals surface area contributed by atoms with Crippen LogP contribution in [0.25, 0.3) is 22.1 Å². The minimum atomic E-state index is -0.176. The number of carbonyl (C=O) groups excluding carboxylic acids is 1. The summed E-state index contributed by atoms with van der Waals surface area (Å²) in [5.74, 6) is -0.00197. The van der Waals surface area contributed by atoms with Crippen LogP contribution in [0.1, 0.15) is 17.5 Å². The van der Waals surface area contributed by atoms with Gasteiger partial charge in [0.05, 0.1) is 5.75 Å². The van der Waals surface area contributed by atoms with Gasteiger partial charge in [-0.25, -0.2) is 4.98 Å². The number of H-pyrrole nitrogens is 1. The van der Waals surface area contributed by atoms with Crippen LogP contribution >= 0.6 is 23.1 Å². The summed E-state index contributed by atoms with van der Waals surface area (Å²) < 4.78 is 0. The highest BCUT2D eigenvalue weighted by molar-refractivity contribution is 7.99. The van der Waals surface area contributed by atoms with Crippen molar-refractivity contribution in [3.05, 3.63) is 28.8 Å². The van der Waals surface area contributed by atoms with Gasteiger partial charge in [0.15, 0.2) is 5.65 Å². The number of benzene rings is 1. The van der Waals surface area contributed by atoms with Crippen molar-refractivity contribution in [2.24, 2.45) is 0 Å². The smallest absolute Gasteiger partial charge is 0.236 e. The Bertz CT molecular complexity index is 1100. The van der Waals surface area contributed by atoms with Crippen LogP contribution in [0.4, 0.5) is 5.13 Å². The van der Waals surface area contributed by atoms with E-state index in [2.05, 4.69) is 41.7 Å². The average Bonchev–Trinajstić information content (AvgIpc) is 3.23. The second kappa shape index (κ2) is 6.96. The number of aromatic amines is 1. The fourth-order valence-electron chi connectivity index (χ4n) is 2.46. The van der Waals surface area contributed by atoms with Gasteiger partial charge in [0.1, 0.15) is 10.5 Å². The molecule has 0 bridgehead atoms. The topological polar surface area (TPSA) is 109 Å². The van der Waals surface area contributed by atoms with Crippen molar-refractivity contribution in [3.63, 3.8) is 0 Å². The molecule has 0 radical (unpaired) electrons. The van der Waals surface area contributed by atoms with E-state index in [9.17, 15) is 4.79 Å². The van der Waals surface area contributed by atoms with E-state index in [1.165, 1.54) is 23.1 Å². The summed E-state index contributed by atoms with van der Waals surface area (Å²) >= 11 is 2.60. The number of aromatic nitrogens is 6. The Kier molecular flexibility index (Phi) is 4.51. The van der Waals surface area contributed by atoms with E-state index in [-0.39, 0.29) is 11.7 Å². The maximum Gasteiger partial charge on any atom is 0.236 e. The van der Waals surface area contributed by atoms with Crippen molar-refractivity contribution in [3.8, 4) is 0 Å². The molecule has 0 spiro atoms. The zero-order valence-corrected chi connectivity index (χ0v) is 15.7. The molecule has 0 aliphatic rings. The van der Waals surface area contributed by atoms with Gasteiger partial charge >= 0.3 is 0 Å². The second-order valence-electron chi connectivity index (χ2n) is 5.66. The maximum absolute atomic E-state index is 12.0. The lowest BCUT2D eigenvalue weighted by atomic mass is 10.2. The largest absolute Gasteiger partial charge is 0.338 e. The summed E-state index contributed by atoms with van der Waals surface area (Å²) in [5.41, 5.74) is 3.52. The van der Waals surface area contributed by atoms with Crippen LogP contribution in [0.15, 0.2) is 23.4 Å². The molecule has 2 N–H and O–H groups in total. The van der Waals surface area contributed by atoms with Crippen LogP contribution in [0.5, 0.6) is 0 Å². The fourth-order valence-corrected chi connectivity index (χ4v) is 3.75. The Balaban J connectivity index is 1.46. The van der Waals surface area contributed by atoms with Crippen LogP contribution in [0, 0.1) is 6.92 Å². The Morgan fingerprint density at radius 3 is 2.96 bits per heavy atom. The summed E-state index contributed by atoms with van der Waals surface area (Å²) in [6.45, 7) is 4.02. The van der Waals surface area contributed by atoms with Gasteiger partial charge in [-0.05, 0) is 25.5 Å². The van der Waals surface area contributed by atoms with Crippen molar-refractivity contribution in [1.82, 2.24) is 30.4 Å². The highest BCUT2D eigenvalue weighted by Crippen LogP contribution is 2.24. The molecular weight excluding hydrogens is 370 g/mol. The maximum atomic E-state index is 12.0. The van der Waals surface area contributed by atoms with E-state index in [0.717, 1.165) is 33.4 Å². The number of thioether (sulfide) groups is 1. The van der Waals surface area contributed by atoms with Crippen molar-refractivity contribution in [1.29, 1.82) is 0 Å². The summed E-state index contributed by atoms with van der Waals surface area (Å²) in [4.78, 5) is 19.8. The summed E-state index contributed by atoms with van der Waals surface area (Å²) in [5, 5.41) is 21.9. The molecule has 0 fully saturated rings. The van der Waals surface area contributed by atoms with Crippen molar-refractivity contribution in [2.45, 2.75) is 25.4 Å². The van der Waals surface area contributed by atoms with Gasteiger partial charge < -0.3 is 4.98 Å². The summed E-state index contributed by atoms with van der Waals surface area (Å²) in [6, 6.07) is 6.08. The summed E-state index contributed by atoms with van der Waals surface area (Å²) in [7, 11) is 0. The molecule has 0 aliphatic heterocycles. The molecule has 0 saturated heterocycles. The first kappa shape index (κ1) is 16.9. The van der Waals surface area contributed by atoms with Crippen LogP contribution in [-0.2, 0) is 11.2 Å². The molecule has 132 valence electrons. The van der Waals surface area contributed by atoms with Crippen molar-refractivity contribution in [2.75, 3.05) is 11.1 Å². The molecule has 8 nitrogen and oxygen atoms in total. The molecule has 3 heterocycles. The lowest BCUT2D eigenvalue weighted by Gasteiger charge is -2.00. The molecule has 4 rings (SSSR count). The zero-order valence-electron chi connectivity index (χ0n) is 14.1. The molecule has 0 saturated carbocycles.